The van der Waals surface area contributed by atoms with Crippen molar-refractivity contribution in [3.8, 4) is 0 Å². The van der Waals surface area contributed by atoms with Crippen molar-refractivity contribution in [1.29, 1.82) is 0 Å². The average Bonchev–Trinajstić information content (AvgIpc) is 2.25. The van der Waals surface area contributed by atoms with Gasteiger partial charge >= 0.3 is 5.97 Å². The van der Waals surface area contributed by atoms with Crippen LogP contribution < -0.4 is 0 Å². The molecule has 0 radical (unpaired) electrons. The second-order valence-electron chi connectivity index (χ2n) is 4.74. The first-order chi connectivity index (χ1) is 7.56. The molecule has 0 bridgehead atoms. The quantitative estimate of drug-likeness (QED) is 0.567. The largest absolute Gasteiger partial charge is 0.481 e. The lowest BCUT2D eigenvalue weighted by atomic mass is 9.99. The van der Waals surface area contributed by atoms with Crippen LogP contribution in [0.5, 0.6) is 0 Å². The first-order valence-corrected chi connectivity index (χ1v) is 6.46. The van der Waals surface area contributed by atoms with Gasteiger partial charge in [-0.2, -0.15) is 0 Å². The van der Waals surface area contributed by atoms with Gasteiger partial charge in [-0.05, 0) is 18.8 Å². The van der Waals surface area contributed by atoms with Gasteiger partial charge in [0.25, 0.3) is 0 Å². The normalized spacial score (nSPS) is 14.7. The molecule has 0 aromatic heterocycles. The SMILES string of the molecule is CCC(C)CCCCCC(O)CCC(=O)O. The topological polar surface area (TPSA) is 57.5 Å². The second kappa shape index (κ2) is 9.64. The molecule has 0 aliphatic carbocycles. The van der Waals surface area contributed by atoms with Gasteiger partial charge < -0.3 is 10.2 Å². The third kappa shape index (κ3) is 9.97. The molecule has 16 heavy (non-hydrogen) atoms. The minimum absolute atomic E-state index is 0.0774. The maximum absolute atomic E-state index is 10.3. The van der Waals surface area contributed by atoms with E-state index in [2.05, 4.69) is 13.8 Å². The molecular weight excluding hydrogens is 204 g/mol. The monoisotopic (exact) mass is 230 g/mol. The highest BCUT2D eigenvalue weighted by Gasteiger charge is 2.06. The summed E-state index contributed by atoms with van der Waals surface area (Å²) >= 11 is 0. The third-order valence-corrected chi connectivity index (χ3v) is 3.12. The predicted molar refractivity (Wildman–Crippen MR) is 65.4 cm³/mol. The van der Waals surface area contributed by atoms with E-state index in [1.165, 1.54) is 19.3 Å². The van der Waals surface area contributed by atoms with Gasteiger partial charge in [0.1, 0.15) is 0 Å². The number of carbonyl (C=O) groups is 1. The Morgan fingerprint density at radius 3 is 2.31 bits per heavy atom. The van der Waals surface area contributed by atoms with Crippen LogP contribution in [0.15, 0.2) is 0 Å². The number of carboxylic acid groups (broad SMARTS) is 1. The van der Waals surface area contributed by atoms with Gasteiger partial charge in [0.15, 0.2) is 0 Å². The Morgan fingerprint density at radius 2 is 1.75 bits per heavy atom. The summed E-state index contributed by atoms with van der Waals surface area (Å²) in [7, 11) is 0. The summed E-state index contributed by atoms with van der Waals surface area (Å²) in [4.78, 5) is 10.3. The van der Waals surface area contributed by atoms with Gasteiger partial charge in [-0.1, -0.05) is 46.0 Å². The Bertz CT molecular complexity index is 180. The summed E-state index contributed by atoms with van der Waals surface area (Å²) in [6, 6.07) is 0. The predicted octanol–water partition coefficient (Wildman–Crippen LogP) is 3.21. The number of aliphatic hydroxyl groups excluding tert-OH is 1. The van der Waals surface area contributed by atoms with E-state index in [-0.39, 0.29) is 6.42 Å². The van der Waals surface area contributed by atoms with E-state index in [0.717, 1.165) is 25.2 Å². The van der Waals surface area contributed by atoms with Crippen molar-refractivity contribution in [2.24, 2.45) is 5.92 Å². The van der Waals surface area contributed by atoms with E-state index in [4.69, 9.17) is 5.11 Å². The molecule has 0 aromatic rings. The highest BCUT2D eigenvalue weighted by molar-refractivity contribution is 5.66. The molecule has 2 N–H and O–H groups in total. The molecule has 0 aliphatic heterocycles. The van der Waals surface area contributed by atoms with Crippen LogP contribution >= 0.6 is 0 Å². The first kappa shape index (κ1) is 15.4. The van der Waals surface area contributed by atoms with Crippen LogP contribution in [-0.4, -0.2) is 22.3 Å². The van der Waals surface area contributed by atoms with Crippen molar-refractivity contribution >= 4 is 5.97 Å². The minimum atomic E-state index is -0.823. The standard InChI is InChI=1S/C13H26O3/c1-3-11(2)7-5-4-6-8-12(14)9-10-13(15)16/h11-12,14H,3-10H2,1-2H3,(H,15,16). The van der Waals surface area contributed by atoms with Crippen molar-refractivity contribution in [2.75, 3.05) is 0 Å². The Labute approximate surface area is 98.9 Å². The molecule has 3 heteroatoms. The fourth-order valence-corrected chi connectivity index (χ4v) is 1.69. The number of hydrogen-bond acceptors (Lipinski definition) is 2. The van der Waals surface area contributed by atoms with Gasteiger partial charge in [-0.3, -0.25) is 4.79 Å². The first-order valence-electron chi connectivity index (χ1n) is 6.46. The van der Waals surface area contributed by atoms with Crippen molar-refractivity contribution < 1.29 is 15.0 Å². The Balaban J connectivity index is 3.27. The van der Waals surface area contributed by atoms with E-state index in [0.29, 0.717) is 6.42 Å². The van der Waals surface area contributed by atoms with Crippen LogP contribution in [0.2, 0.25) is 0 Å². The fraction of sp³-hybridized carbons (Fsp3) is 0.923. The molecule has 0 saturated heterocycles. The minimum Gasteiger partial charge on any atom is -0.481 e. The van der Waals surface area contributed by atoms with Gasteiger partial charge in [0.2, 0.25) is 0 Å². The van der Waals surface area contributed by atoms with Crippen molar-refractivity contribution in [2.45, 2.75) is 71.3 Å². The Morgan fingerprint density at radius 1 is 1.12 bits per heavy atom. The molecule has 0 aliphatic rings. The summed E-state index contributed by atoms with van der Waals surface area (Å²) in [5.41, 5.74) is 0. The zero-order valence-corrected chi connectivity index (χ0v) is 10.6. The number of aliphatic carboxylic acids is 1. The molecule has 3 nitrogen and oxygen atoms in total. The van der Waals surface area contributed by atoms with Gasteiger partial charge in [0.05, 0.1) is 6.10 Å². The van der Waals surface area contributed by atoms with E-state index in [1.807, 2.05) is 0 Å². The molecule has 0 aromatic carbocycles. The second-order valence-corrected chi connectivity index (χ2v) is 4.74. The van der Waals surface area contributed by atoms with Gasteiger partial charge in [-0.25, -0.2) is 0 Å². The third-order valence-electron chi connectivity index (χ3n) is 3.12. The zero-order valence-electron chi connectivity index (χ0n) is 10.6. The van der Waals surface area contributed by atoms with Crippen LogP contribution in [0.4, 0.5) is 0 Å². The summed E-state index contributed by atoms with van der Waals surface area (Å²) in [6.45, 7) is 4.47. The number of hydrogen-bond donors (Lipinski definition) is 2. The van der Waals surface area contributed by atoms with Crippen LogP contribution in [0.3, 0.4) is 0 Å². The van der Waals surface area contributed by atoms with Crippen molar-refractivity contribution in [3.05, 3.63) is 0 Å². The molecule has 2 atom stereocenters. The molecule has 0 heterocycles. The molecule has 96 valence electrons. The summed E-state index contributed by atoms with van der Waals surface area (Å²) in [5, 5.41) is 17.9. The fourth-order valence-electron chi connectivity index (χ4n) is 1.69. The van der Waals surface area contributed by atoms with E-state index in [1.54, 1.807) is 0 Å². The number of carboxylic acids is 1. The lowest BCUT2D eigenvalue weighted by molar-refractivity contribution is -0.137. The van der Waals surface area contributed by atoms with E-state index < -0.39 is 12.1 Å². The molecule has 0 saturated carbocycles. The van der Waals surface area contributed by atoms with Gasteiger partial charge in [-0.15, -0.1) is 0 Å². The van der Waals surface area contributed by atoms with Gasteiger partial charge in [0, 0.05) is 6.42 Å². The summed E-state index contributed by atoms with van der Waals surface area (Å²) < 4.78 is 0. The van der Waals surface area contributed by atoms with Crippen LogP contribution in [0, 0.1) is 5.92 Å². The van der Waals surface area contributed by atoms with Crippen LogP contribution in [-0.2, 0) is 4.79 Å². The molecule has 2 unspecified atom stereocenters. The lowest BCUT2D eigenvalue weighted by Gasteiger charge is -2.10. The van der Waals surface area contributed by atoms with E-state index >= 15 is 0 Å². The number of unbranched alkanes of at least 4 members (excludes halogenated alkanes) is 2. The maximum atomic E-state index is 10.3. The van der Waals surface area contributed by atoms with Crippen molar-refractivity contribution in [1.82, 2.24) is 0 Å². The van der Waals surface area contributed by atoms with Crippen molar-refractivity contribution in [3.63, 3.8) is 0 Å². The molecular formula is C13H26O3. The Kier molecular flexibility index (Phi) is 9.30. The van der Waals surface area contributed by atoms with E-state index in [9.17, 15) is 9.90 Å². The smallest absolute Gasteiger partial charge is 0.303 e. The maximum Gasteiger partial charge on any atom is 0.303 e. The highest BCUT2D eigenvalue weighted by atomic mass is 16.4. The number of rotatable bonds is 10. The highest BCUT2D eigenvalue weighted by Crippen LogP contribution is 2.14. The number of aliphatic hydroxyl groups is 1. The zero-order chi connectivity index (χ0) is 12.4. The molecule has 0 amide bonds. The summed E-state index contributed by atoms with van der Waals surface area (Å²) in [5.74, 6) is -0.0206. The Hall–Kier alpha value is -0.570. The average molecular weight is 230 g/mol. The molecule has 0 rings (SSSR count). The van der Waals surface area contributed by atoms with Crippen LogP contribution in [0.25, 0.3) is 0 Å². The lowest BCUT2D eigenvalue weighted by Crippen LogP contribution is -2.09. The summed E-state index contributed by atoms with van der Waals surface area (Å²) in [6.07, 6.45) is 6.66. The van der Waals surface area contributed by atoms with Crippen LogP contribution in [0.1, 0.15) is 65.2 Å². The molecule has 0 fully saturated rings. The molecule has 0 spiro atoms.